The van der Waals surface area contributed by atoms with Crippen LogP contribution in [0.15, 0.2) is 77.2 Å². The quantitative estimate of drug-likeness (QED) is 0.741. The van der Waals surface area contributed by atoms with Crippen molar-refractivity contribution in [1.82, 2.24) is 0 Å². The molecule has 0 heterocycles. The molecule has 28 heavy (non-hydrogen) atoms. The van der Waals surface area contributed by atoms with Gasteiger partial charge in [-0.05, 0) is 49.2 Å². The Labute approximate surface area is 164 Å². The number of ether oxygens (including phenoxy) is 2. The smallest absolute Gasteiger partial charge is 0.271 e. The van der Waals surface area contributed by atoms with Crippen molar-refractivity contribution in [2.75, 3.05) is 18.5 Å². The van der Waals surface area contributed by atoms with Crippen LogP contribution in [0.2, 0.25) is 0 Å². The molecule has 0 spiro atoms. The summed E-state index contributed by atoms with van der Waals surface area (Å²) in [5.74, 6) is 0.343. The zero-order valence-corrected chi connectivity index (χ0v) is 16.5. The predicted octanol–water partition coefficient (Wildman–Crippen LogP) is 3.70. The van der Waals surface area contributed by atoms with Crippen molar-refractivity contribution in [2.24, 2.45) is 0 Å². The van der Waals surface area contributed by atoms with Gasteiger partial charge in [0.25, 0.3) is 15.9 Å². The lowest BCUT2D eigenvalue weighted by Crippen LogP contribution is -2.38. The molecule has 1 aliphatic rings. The van der Waals surface area contributed by atoms with Crippen LogP contribution in [-0.2, 0) is 14.8 Å². The van der Waals surface area contributed by atoms with E-state index >= 15 is 0 Å². The van der Waals surface area contributed by atoms with Gasteiger partial charge in [0.2, 0.25) is 0 Å². The van der Waals surface area contributed by atoms with Gasteiger partial charge in [-0.3, -0.25) is 4.79 Å². The van der Waals surface area contributed by atoms with E-state index < -0.39 is 15.9 Å². The van der Waals surface area contributed by atoms with Crippen LogP contribution in [0.25, 0.3) is 0 Å². The maximum Gasteiger partial charge on any atom is 0.271 e. The van der Waals surface area contributed by atoms with Crippen molar-refractivity contribution < 1.29 is 22.7 Å². The first-order valence-corrected chi connectivity index (χ1v) is 10.2. The standard InChI is InChI=1S/C21H21NO5S/c1-26-18-13-11-17(12-14-18)22(21(23)16-7-4-3-5-8-16)28(24,25)20-10-6-9-19(15-20)27-2/h4,6-15H,3,5H2,1-2H3. The largest absolute Gasteiger partial charge is 0.497 e. The molecule has 146 valence electrons. The highest BCUT2D eigenvalue weighted by Gasteiger charge is 2.32. The molecule has 6 nitrogen and oxygen atoms in total. The first-order valence-electron chi connectivity index (χ1n) is 8.72. The Bertz CT molecular complexity index is 1020. The summed E-state index contributed by atoms with van der Waals surface area (Å²) in [6.45, 7) is 0. The van der Waals surface area contributed by atoms with Gasteiger partial charge in [-0.15, -0.1) is 0 Å². The summed E-state index contributed by atoms with van der Waals surface area (Å²) in [4.78, 5) is 13.2. The summed E-state index contributed by atoms with van der Waals surface area (Å²) in [5.41, 5.74) is 0.571. The number of hydrogen-bond donors (Lipinski definition) is 0. The van der Waals surface area contributed by atoms with E-state index in [0.717, 1.165) is 10.7 Å². The lowest BCUT2D eigenvalue weighted by molar-refractivity contribution is -0.113. The number of carbonyl (C=O) groups excluding carboxylic acids is 1. The number of sulfonamides is 1. The highest BCUT2D eigenvalue weighted by molar-refractivity contribution is 7.93. The van der Waals surface area contributed by atoms with E-state index in [1.165, 1.54) is 26.4 Å². The number of hydrogen-bond acceptors (Lipinski definition) is 5. The van der Waals surface area contributed by atoms with Crippen LogP contribution < -0.4 is 13.8 Å². The summed E-state index contributed by atoms with van der Waals surface area (Å²) in [5, 5.41) is 0. The normalized spacial score (nSPS) is 13.6. The molecule has 3 rings (SSSR count). The molecule has 0 fully saturated rings. The molecule has 0 radical (unpaired) electrons. The molecule has 0 saturated carbocycles. The molecular weight excluding hydrogens is 378 g/mol. The minimum atomic E-state index is -4.17. The monoisotopic (exact) mass is 399 g/mol. The van der Waals surface area contributed by atoms with E-state index in [0.29, 0.717) is 23.5 Å². The van der Waals surface area contributed by atoms with Crippen LogP contribution in [0.1, 0.15) is 12.8 Å². The van der Waals surface area contributed by atoms with E-state index in [4.69, 9.17) is 9.47 Å². The van der Waals surface area contributed by atoms with Gasteiger partial charge in [-0.2, -0.15) is 4.31 Å². The van der Waals surface area contributed by atoms with Gasteiger partial charge in [-0.1, -0.05) is 24.3 Å². The second-order valence-electron chi connectivity index (χ2n) is 6.09. The third kappa shape index (κ3) is 3.94. The predicted molar refractivity (Wildman–Crippen MR) is 107 cm³/mol. The molecule has 0 bridgehead atoms. The topological polar surface area (TPSA) is 72.9 Å². The molecule has 0 unspecified atom stereocenters. The SMILES string of the molecule is COc1ccc(N(C(=O)C2=CCCC=C2)S(=O)(=O)c2cccc(OC)c2)cc1. The third-order valence-corrected chi connectivity index (χ3v) is 6.02. The van der Waals surface area contributed by atoms with Crippen molar-refractivity contribution in [2.45, 2.75) is 17.7 Å². The molecule has 1 aliphatic carbocycles. The lowest BCUT2D eigenvalue weighted by Gasteiger charge is -2.24. The Morgan fingerprint density at radius 1 is 0.964 bits per heavy atom. The van der Waals surface area contributed by atoms with Gasteiger partial charge >= 0.3 is 0 Å². The molecule has 1 amide bonds. The number of benzene rings is 2. The van der Waals surface area contributed by atoms with Crippen molar-refractivity contribution in [1.29, 1.82) is 0 Å². The minimum absolute atomic E-state index is 0.0311. The summed E-state index contributed by atoms with van der Waals surface area (Å²) in [6, 6.07) is 12.4. The van der Waals surface area contributed by atoms with Crippen LogP contribution in [0.5, 0.6) is 11.5 Å². The van der Waals surface area contributed by atoms with Crippen LogP contribution in [-0.4, -0.2) is 28.5 Å². The summed E-state index contributed by atoms with van der Waals surface area (Å²) in [7, 11) is -1.20. The Balaban J connectivity index is 2.12. The Morgan fingerprint density at radius 2 is 1.68 bits per heavy atom. The van der Waals surface area contributed by atoms with Crippen molar-refractivity contribution in [3.63, 3.8) is 0 Å². The summed E-state index contributed by atoms with van der Waals surface area (Å²) < 4.78 is 37.9. The average Bonchev–Trinajstić information content (AvgIpc) is 2.75. The van der Waals surface area contributed by atoms with E-state index in [-0.39, 0.29) is 10.6 Å². The van der Waals surface area contributed by atoms with E-state index in [9.17, 15) is 13.2 Å². The van der Waals surface area contributed by atoms with Gasteiger partial charge in [0.05, 0.1) is 24.8 Å². The Morgan fingerprint density at radius 3 is 2.29 bits per heavy atom. The Kier molecular flexibility index (Phi) is 5.84. The minimum Gasteiger partial charge on any atom is -0.497 e. The lowest BCUT2D eigenvalue weighted by atomic mass is 10.1. The van der Waals surface area contributed by atoms with Gasteiger partial charge < -0.3 is 9.47 Å². The molecule has 2 aromatic carbocycles. The molecule has 0 saturated heterocycles. The number of amides is 1. The number of nitrogens with zero attached hydrogens (tertiary/aromatic N) is 1. The molecule has 2 aromatic rings. The zero-order valence-electron chi connectivity index (χ0n) is 15.7. The summed E-state index contributed by atoms with van der Waals surface area (Å²) >= 11 is 0. The Hall–Kier alpha value is -3.06. The molecule has 0 N–H and O–H groups in total. The number of methoxy groups -OCH3 is 2. The number of allylic oxidation sites excluding steroid dienone is 2. The van der Waals surface area contributed by atoms with Crippen molar-refractivity contribution in [3.05, 3.63) is 72.3 Å². The highest BCUT2D eigenvalue weighted by atomic mass is 32.2. The number of anilines is 1. The van der Waals surface area contributed by atoms with Gasteiger partial charge in [0, 0.05) is 11.6 Å². The molecule has 0 atom stereocenters. The van der Waals surface area contributed by atoms with Crippen molar-refractivity contribution >= 4 is 21.6 Å². The third-order valence-electron chi connectivity index (χ3n) is 4.31. The highest BCUT2D eigenvalue weighted by Crippen LogP contribution is 2.29. The van der Waals surface area contributed by atoms with E-state index in [1.807, 2.05) is 6.08 Å². The fraction of sp³-hybridized carbons (Fsp3) is 0.190. The van der Waals surface area contributed by atoms with Gasteiger partial charge in [0.1, 0.15) is 11.5 Å². The average molecular weight is 399 g/mol. The maximum atomic E-state index is 13.4. The summed E-state index contributed by atoms with van der Waals surface area (Å²) in [6.07, 6.45) is 6.77. The molecule has 0 aromatic heterocycles. The molecular formula is C21H21NO5S. The molecule has 7 heteroatoms. The van der Waals surface area contributed by atoms with E-state index in [1.54, 1.807) is 48.6 Å². The van der Waals surface area contributed by atoms with Crippen LogP contribution in [0, 0.1) is 0 Å². The van der Waals surface area contributed by atoms with E-state index in [2.05, 4.69) is 0 Å². The van der Waals surface area contributed by atoms with Crippen molar-refractivity contribution in [3.8, 4) is 11.5 Å². The molecule has 0 aliphatic heterocycles. The zero-order chi connectivity index (χ0) is 20.1. The maximum absolute atomic E-state index is 13.4. The second-order valence-corrected chi connectivity index (χ2v) is 7.88. The number of carbonyl (C=O) groups is 1. The van der Waals surface area contributed by atoms with Crippen LogP contribution in [0.3, 0.4) is 0 Å². The van der Waals surface area contributed by atoms with Gasteiger partial charge in [0.15, 0.2) is 0 Å². The van der Waals surface area contributed by atoms with Crippen LogP contribution >= 0.6 is 0 Å². The fourth-order valence-corrected chi connectivity index (χ4v) is 4.29. The second kappa shape index (κ2) is 8.31. The number of rotatable bonds is 6. The first kappa shape index (κ1) is 19.7. The van der Waals surface area contributed by atoms with Crippen LogP contribution in [0.4, 0.5) is 5.69 Å². The first-order chi connectivity index (χ1) is 13.5. The van der Waals surface area contributed by atoms with Gasteiger partial charge in [-0.25, -0.2) is 8.42 Å². The fourth-order valence-electron chi connectivity index (χ4n) is 2.84.